The van der Waals surface area contributed by atoms with Gasteiger partial charge in [-0.25, -0.2) is 0 Å². The van der Waals surface area contributed by atoms with E-state index in [9.17, 15) is 5.11 Å². The summed E-state index contributed by atoms with van der Waals surface area (Å²) in [5.74, 6) is 1.84. The molecule has 0 saturated carbocycles. The topological polar surface area (TPSA) is 94.8 Å². The molecule has 2 aromatic heterocycles. The Bertz CT molecular complexity index is 655. The van der Waals surface area contributed by atoms with Gasteiger partial charge >= 0.3 is 0 Å². The van der Waals surface area contributed by atoms with Gasteiger partial charge in [-0.15, -0.1) is 0 Å². The molecule has 0 radical (unpaired) electrons. The van der Waals surface area contributed by atoms with Crippen molar-refractivity contribution in [2.24, 2.45) is 7.05 Å². The fourth-order valence-corrected chi connectivity index (χ4v) is 2.41. The van der Waals surface area contributed by atoms with Crippen LogP contribution in [0.4, 0.5) is 5.95 Å². The molecule has 2 atom stereocenters. The van der Waals surface area contributed by atoms with E-state index in [1.54, 1.807) is 30.2 Å². The summed E-state index contributed by atoms with van der Waals surface area (Å²) in [5.41, 5.74) is 0. The molecular formula is C14H19N5O4. The highest BCUT2D eigenvalue weighted by Crippen LogP contribution is 2.25. The van der Waals surface area contributed by atoms with Gasteiger partial charge in [0.2, 0.25) is 17.7 Å². The zero-order valence-electron chi connectivity index (χ0n) is 13.2. The van der Waals surface area contributed by atoms with Crippen LogP contribution in [-0.4, -0.2) is 64.4 Å². The Labute approximate surface area is 133 Å². The van der Waals surface area contributed by atoms with Crippen LogP contribution in [0.1, 0.15) is 0 Å². The molecule has 3 heterocycles. The van der Waals surface area contributed by atoms with Crippen molar-refractivity contribution in [1.82, 2.24) is 19.7 Å². The number of rotatable bonds is 5. The number of hydrogen-bond donors (Lipinski definition) is 1. The molecule has 2 aromatic rings. The Morgan fingerprint density at radius 1 is 1.17 bits per heavy atom. The van der Waals surface area contributed by atoms with Gasteiger partial charge in [-0.3, -0.25) is 4.68 Å². The number of ether oxygens (including phenoxy) is 3. The summed E-state index contributed by atoms with van der Waals surface area (Å²) in [7, 11) is 4.86. The molecule has 1 fully saturated rings. The molecule has 0 spiro atoms. The Kier molecular flexibility index (Phi) is 4.20. The molecule has 0 aromatic carbocycles. The normalized spacial score (nSPS) is 20.6. The highest BCUT2D eigenvalue weighted by atomic mass is 16.5. The van der Waals surface area contributed by atoms with Crippen LogP contribution in [0.5, 0.6) is 17.5 Å². The summed E-state index contributed by atoms with van der Waals surface area (Å²) in [5, 5.41) is 14.3. The van der Waals surface area contributed by atoms with Crippen LogP contribution in [0.25, 0.3) is 0 Å². The average Bonchev–Trinajstić information content (AvgIpc) is 3.13. The number of aliphatic hydroxyl groups excluding tert-OH is 1. The molecule has 1 aliphatic rings. The predicted molar refractivity (Wildman–Crippen MR) is 81.0 cm³/mol. The van der Waals surface area contributed by atoms with Crippen molar-refractivity contribution < 1.29 is 19.3 Å². The maximum absolute atomic E-state index is 10.2. The fourth-order valence-electron chi connectivity index (χ4n) is 2.41. The third-order valence-corrected chi connectivity index (χ3v) is 3.57. The van der Waals surface area contributed by atoms with Gasteiger partial charge in [-0.1, -0.05) is 0 Å². The summed E-state index contributed by atoms with van der Waals surface area (Å²) >= 11 is 0. The summed E-state index contributed by atoms with van der Waals surface area (Å²) in [6, 6.07) is 1.60. The van der Waals surface area contributed by atoms with Crippen LogP contribution < -0.4 is 19.1 Å². The first-order valence-corrected chi connectivity index (χ1v) is 7.14. The van der Waals surface area contributed by atoms with Gasteiger partial charge in [0.1, 0.15) is 12.2 Å². The molecule has 0 bridgehead atoms. The largest absolute Gasteiger partial charge is 0.482 e. The molecule has 0 amide bonds. The first kappa shape index (κ1) is 15.3. The maximum Gasteiger partial charge on any atom is 0.232 e. The second kappa shape index (κ2) is 6.29. The lowest BCUT2D eigenvalue weighted by Gasteiger charge is -2.17. The zero-order valence-corrected chi connectivity index (χ0v) is 13.2. The van der Waals surface area contributed by atoms with Gasteiger partial charge in [0, 0.05) is 7.05 Å². The van der Waals surface area contributed by atoms with Gasteiger partial charge in [0.25, 0.3) is 0 Å². The summed E-state index contributed by atoms with van der Waals surface area (Å²) in [6.07, 6.45) is 2.32. The standard InChI is InChI=1S/C14H19N5O4/c1-18-6-9(5-15-18)23-11-8-19(7-10(11)20)14-16-12(21-2)4-13(17-14)22-3/h4-6,10-11,20H,7-8H2,1-3H3/t10-,11-/m1/s1. The lowest BCUT2D eigenvalue weighted by molar-refractivity contribution is 0.0737. The highest BCUT2D eigenvalue weighted by Gasteiger charge is 2.35. The lowest BCUT2D eigenvalue weighted by atomic mass is 10.3. The number of methoxy groups -OCH3 is 2. The second-order valence-electron chi connectivity index (χ2n) is 5.23. The van der Waals surface area contributed by atoms with Crippen molar-refractivity contribution in [2.45, 2.75) is 12.2 Å². The minimum Gasteiger partial charge on any atom is -0.482 e. The van der Waals surface area contributed by atoms with Crippen LogP contribution in [0.2, 0.25) is 0 Å². The third kappa shape index (κ3) is 3.29. The number of hydrogen-bond acceptors (Lipinski definition) is 8. The number of nitrogens with zero attached hydrogens (tertiary/aromatic N) is 5. The number of aromatic nitrogens is 4. The first-order chi connectivity index (χ1) is 11.1. The SMILES string of the molecule is COc1cc(OC)nc(N2C[C@@H](O)[C@H](Oc3cnn(C)c3)C2)n1. The lowest BCUT2D eigenvalue weighted by Crippen LogP contribution is -2.29. The Morgan fingerprint density at radius 3 is 2.43 bits per heavy atom. The summed E-state index contributed by atoms with van der Waals surface area (Å²) < 4.78 is 17.7. The zero-order chi connectivity index (χ0) is 16.4. The fraction of sp³-hybridized carbons (Fsp3) is 0.500. The molecule has 0 unspecified atom stereocenters. The van der Waals surface area contributed by atoms with E-state index in [-0.39, 0.29) is 6.10 Å². The first-order valence-electron chi connectivity index (χ1n) is 7.14. The molecule has 1 N–H and O–H groups in total. The van der Waals surface area contributed by atoms with Crippen molar-refractivity contribution in [2.75, 3.05) is 32.2 Å². The highest BCUT2D eigenvalue weighted by molar-refractivity contribution is 5.39. The van der Waals surface area contributed by atoms with Crippen LogP contribution in [-0.2, 0) is 7.05 Å². The van der Waals surface area contributed by atoms with Crippen molar-refractivity contribution in [1.29, 1.82) is 0 Å². The number of aliphatic hydroxyl groups is 1. The van der Waals surface area contributed by atoms with Crippen LogP contribution >= 0.6 is 0 Å². The molecular weight excluding hydrogens is 302 g/mol. The molecule has 23 heavy (non-hydrogen) atoms. The molecule has 9 nitrogen and oxygen atoms in total. The van der Waals surface area contributed by atoms with E-state index in [1.807, 2.05) is 4.90 Å². The van der Waals surface area contributed by atoms with Gasteiger partial charge < -0.3 is 24.2 Å². The summed E-state index contributed by atoms with van der Waals surface area (Å²) in [4.78, 5) is 10.4. The van der Waals surface area contributed by atoms with Crippen molar-refractivity contribution in [3.8, 4) is 17.5 Å². The second-order valence-corrected chi connectivity index (χ2v) is 5.23. The molecule has 9 heteroatoms. The molecule has 1 aliphatic heterocycles. The van der Waals surface area contributed by atoms with E-state index in [1.165, 1.54) is 14.2 Å². The molecule has 1 saturated heterocycles. The smallest absolute Gasteiger partial charge is 0.232 e. The Balaban J connectivity index is 1.75. The van der Waals surface area contributed by atoms with Gasteiger partial charge in [0.05, 0.1) is 45.8 Å². The van der Waals surface area contributed by atoms with Gasteiger partial charge in [-0.05, 0) is 0 Å². The molecule has 0 aliphatic carbocycles. The van der Waals surface area contributed by atoms with E-state index in [0.717, 1.165) is 0 Å². The molecule has 3 rings (SSSR count). The van der Waals surface area contributed by atoms with Crippen molar-refractivity contribution >= 4 is 5.95 Å². The number of β-amino-alcohol motifs (C(OH)–C–C–N with tert-alkyl or cyclic N) is 1. The minimum atomic E-state index is -0.656. The van der Waals surface area contributed by atoms with Crippen LogP contribution in [0.3, 0.4) is 0 Å². The van der Waals surface area contributed by atoms with Crippen LogP contribution in [0, 0.1) is 0 Å². The molecule has 124 valence electrons. The van der Waals surface area contributed by atoms with E-state index in [2.05, 4.69) is 15.1 Å². The number of aryl methyl sites for hydroxylation is 1. The van der Waals surface area contributed by atoms with E-state index in [4.69, 9.17) is 14.2 Å². The Hall–Kier alpha value is -2.55. The van der Waals surface area contributed by atoms with E-state index in [0.29, 0.717) is 36.5 Å². The quantitative estimate of drug-likeness (QED) is 0.813. The minimum absolute atomic E-state index is 0.362. The monoisotopic (exact) mass is 321 g/mol. The Morgan fingerprint density at radius 2 is 1.87 bits per heavy atom. The van der Waals surface area contributed by atoms with Crippen molar-refractivity contribution in [3.05, 3.63) is 18.5 Å². The third-order valence-electron chi connectivity index (χ3n) is 3.57. The average molecular weight is 321 g/mol. The van der Waals surface area contributed by atoms with E-state index >= 15 is 0 Å². The van der Waals surface area contributed by atoms with Crippen LogP contribution in [0.15, 0.2) is 18.5 Å². The maximum atomic E-state index is 10.2. The predicted octanol–water partition coefficient (Wildman–Crippen LogP) is -0.144. The van der Waals surface area contributed by atoms with Gasteiger partial charge in [0.15, 0.2) is 5.75 Å². The van der Waals surface area contributed by atoms with Crippen molar-refractivity contribution in [3.63, 3.8) is 0 Å². The van der Waals surface area contributed by atoms with Gasteiger partial charge in [-0.2, -0.15) is 15.1 Å². The van der Waals surface area contributed by atoms with E-state index < -0.39 is 6.10 Å². The number of anilines is 1. The summed E-state index contributed by atoms with van der Waals surface area (Å²) in [6.45, 7) is 0.813.